The van der Waals surface area contributed by atoms with Crippen molar-refractivity contribution < 1.29 is 14.3 Å². The number of rotatable bonds is 7. The highest BCUT2D eigenvalue weighted by atomic mass is 16.6. The van der Waals surface area contributed by atoms with Gasteiger partial charge in [-0.2, -0.15) is 10.2 Å². The molecular weight excluding hydrogens is 336 g/mol. The van der Waals surface area contributed by atoms with E-state index in [1.54, 1.807) is 6.92 Å². The fraction of sp³-hybridized carbons (Fsp3) is 0.333. The molecule has 3 aromatic rings. The predicted octanol–water partition coefficient (Wildman–Crippen LogP) is 0.878. The second-order valence-electron chi connectivity index (χ2n) is 5.09. The first kappa shape index (κ1) is 16.2. The number of hydrogen-bond acceptors (Lipinski definition) is 9. The zero-order valence-electron chi connectivity index (χ0n) is 13.0. The van der Waals surface area contributed by atoms with Crippen LogP contribution in [0.25, 0.3) is 0 Å². The average molecular weight is 348 g/mol. The van der Waals surface area contributed by atoms with E-state index in [4.69, 9.17) is 4.42 Å². The van der Waals surface area contributed by atoms with E-state index in [9.17, 15) is 20.2 Å². The fourth-order valence-corrected chi connectivity index (χ4v) is 2.14. The van der Waals surface area contributed by atoms with Gasteiger partial charge >= 0.3 is 11.4 Å². The third kappa shape index (κ3) is 3.49. The van der Waals surface area contributed by atoms with Crippen LogP contribution in [0.1, 0.15) is 17.5 Å². The first-order valence-corrected chi connectivity index (χ1v) is 7.09. The molecule has 0 atom stereocenters. The Hall–Kier alpha value is -3.64. The van der Waals surface area contributed by atoms with E-state index in [1.807, 2.05) is 0 Å². The lowest BCUT2D eigenvalue weighted by molar-refractivity contribution is -0.385. The molecule has 0 spiro atoms. The normalized spacial score (nSPS) is 10.9. The molecule has 0 unspecified atom stereocenters. The van der Waals surface area contributed by atoms with Crippen LogP contribution < -0.4 is 0 Å². The summed E-state index contributed by atoms with van der Waals surface area (Å²) in [4.78, 5) is 20.4. The quantitative estimate of drug-likeness (QED) is 0.445. The lowest BCUT2D eigenvalue weighted by atomic mass is 10.4. The first-order chi connectivity index (χ1) is 11.9. The number of nitro groups is 2. The van der Waals surface area contributed by atoms with Crippen molar-refractivity contribution in [2.45, 2.75) is 26.4 Å². The van der Waals surface area contributed by atoms with Crippen molar-refractivity contribution in [3.8, 4) is 0 Å². The summed E-state index contributed by atoms with van der Waals surface area (Å²) in [5.74, 6) is 0.579. The number of aryl methyl sites for hydroxylation is 2. The van der Waals surface area contributed by atoms with Crippen molar-refractivity contribution in [1.82, 2.24) is 29.8 Å². The highest BCUT2D eigenvalue weighted by molar-refractivity contribution is 5.31. The van der Waals surface area contributed by atoms with E-state index in [0.29, 0.717) is 24.6 Å². The molecule has 130 valence electrons. The number of aromatic nitrogens is 6. The van der Waals surface area contributed by atoms with Gasteiger partial charge in [-0.3, -0.25) is 29.6 Å². The third-order valence-electron chi connectivity index (χ3n) is 3.45. The van der Waals surface area contributed by atoms with Crippen LogP contribution in [-0.2, 0) is 19.5 Å². The monoisotopic (exact) mass is 348 g/mol. The van der Waals surface area contributed by atoms with Gasteiger partial charge in [0.1, 0.15) is 30.8 Å². The van der Waals surface area contributed by atoms with Crippen LogP contribution in [0.2, 0.25) is 0 Å². The summed E-state index contributed by atoms with van der Waals surface area (Å²) >= 11 is 0. The van der Waals surface area contributed by atoms with Gasteiger partial charge in [-0.15, -0.1) is 10.2 Å². The maximum atomic E-state index is 10.8. The van der Waals surface area contributed by atoms with Crippen molar-refractivity contribution in [2.24, 2.45) is 0 Å². The summed E-state index contributed by atoms with van der Waals surface area (Å²) < 4.78 is 8.26. The number of hydrogen-bond donors (Lipinski definition) is 0. The van der Waals surface area contributed by atoms with E-state index in [0.717, 1.165) is 12.4 Å². The molecule has 0 aliphatic heterocycles. The van der Waals surface area contributed by atoms with Crippen LogP contribution in [0, 0.1) is 27.2 Å². The molecule has 0 fully saturated rings. The summed E-state index contributed by atoms with van der Waals surface area (Å²) in [6.45, 7) is 2.02. The summed E-state index contributed by atoms with van der Waals surface area (Å²) in [6, 6.07) is 0. The van der Waals surface area contributed by atoms with Gasteiger partial charge in [-0.25, -0.2) is 0 Å². The Labute approximate surface area is 139 Å². The largest absolute Gasteiger partial charge is 0.423 e. The molecule has 3 rings (SSSR count). The van der Waals surface area contributed by atoms with Gasteiger partial charge in [0, 0.05) is 13.0 Å². The summed E-state index contributed by atoms with van der Waals surface area (Å²) in [6.07, 6.45) is 3.97. The lowest BCUT2D eigenvalue weighted by Crippen LogP contribution is -2.04. The highest BCUT2D eigenvalue weighted by Crippen LogP contribution is 2.17. The SMILES string of the molecule is Cc1c([N+](=O)[O-])cnn1Cc1nnc(CCn2cc([N+](=O)[O-])cn2)o1. The van der Waals surface area contributed by atoms with Crippen LogP contribution in [0.5, 0.6) is 0 Å². The van der Waals surface area contributed by atoms with Crippen LogP contribution in [0.4, 0.5) is 11.4 Å². The van der Waals surface area contributed by atoms with Crippen molar-refractivity contribution in [1.29, 1.82) is 0 Å². The molecule has 0 aliphatic rings. The van der Waals surface area contributed by atoms with Crippen LogP contribution in [0.15, 0.2) is 23.0 Å². The van der Waals surface area contributed by atoms with Gasteiger partial charge in [0.05, 0.1) is 9.85 Å². The van der Waals surface area contributed by atoms with Crippen LogP contribution in [-0.4, -0.2) is 39.6 Å². The topological polar surface area (TPSA) is 161 Å². The molecule has 3 heterocycles. The molecular formula is C12H12N8O5. The van der Waals surface area contributed by atoms with Crippen molar-refractivity contribution >= 4 is 11.4 Å². The Morgan fingerprint density at radius 2 is 1.88 bits per heavy atom. The molecule has 25 heavy (non-hydrogen) atoms. The van der Waals surface area contributed by atoms with Gasteiger partial charge in [0.25, 0.3) is 0 Å². The molecule has 0 aromatic carbocycles. The van der Waals surface area contributed by atoms with Gasteiger partial charge < -0.3 is 4.42 Å². The van der Waals surface area contributed by atoms with E-state index in [2.05, 4.69) is 20.4 Å². The average Bonchev–Trinajstić information content (AvgIpc) is 3.27. The maximum Gasteiger partial charge on any atom is 0.309 e. The van der Waals surface area contributed by atoms with Crippen molar-refractivity contribution in [3.63, 3.8) is 0 Å². The Kier molecular flexibility index (Phi) is 4.20. The van der Waals surface area contributed by atoms with Crippen molar-refractivity contribution in [3.05, 3.63) is 56.3 Å². The predicted molar refractivity (Wildman–Crippen MR) is 79.6 cm³/mol. The molecule has 0 radical (unpaired) electrons. The van der Waals surface area contributed by atoms with E-state index in [-0.39, 0.29) is 23.8 Å². The molecule has 13 nitrogen and oxygen atoms in total. The Morgan fingerprint density at radius 3 is 2.52 bits per heavy atom. The number of nitrogens with zero attached hydrogens (tertiary/aromatic N) is 8. The van der Waals surface area contributed by atoms with Gasteiger partial charge in [-0.05, 0) is 6.92 Å². The molecule has 0 bridgehead atoms. The van der Waals surface area contributed by atoms with Gasteiger partial charge in [0.2, 0.25) is 11.8 Å². The summed E-state index contributed by atoms with van der Waals surface area (Å²) in [7, 11) is 0. The van der Waals surface area contributed by atoms with Crippen LogP contribution in [0.3, 0.4) is 0 Å². The molecule has 0 saturated carbocycles. The second-order valence-corrected chi connectivity index (χ2v) is 5.09. The van der Waals surface area contributed by atoms with Crippen LogP contribution >= 0.6 is 0 Å². The highest BCUT2D eigenvalue weighted by Gasteiger charge is 2.18. The minimum atomic E-state index is -0.528. The Bertz CT molecular complexity index is 926. The maximum absolute atomic E-state index is 10.8. The van der Waals surface area contributed by atoms with Gasteiger partial charge in [0.15, 0.2) is 0 Å². The van der Waals surface area contributed by atoms with E-state index >= 15 is 0 Å². The summed E-state index contributed by atoms with van der Waals surface area (Å²) in [5, 5.41) is 36.9. The van der Waals surface area contributed by atoms with Gasteiger partial charge in [-0.1, -0.05) is 0 Å². The van der Waals surface area contributed by atoms with E-state index in [1.165, 1.54) is 15.6 Å². The minimum Gasteiger partial charge on any atom is -0.423 e. The second kappa shape index (κ2) is 6.46. The Morgan fingerprint density at radius 1 is 1.12 bits per heavy atom. The molecule has 0 N–H and O–H groups in total. The van der Waals surface area contributed by atoms with E-state index < -0.39 is 9.85 Å². The first-order valence-electron chi connectivity index (χ1n) is 7.09. The standard InChI is InChI=1S/C12H12N8O5/c1-8-10(20(23)24)5-14-18(8)7-12-16-15-11(25-12)2-3-17-6-9(4-13-17)19(21)22/h4-6H,2-3,7H2,1H3. The molecule has 0 amide bonds. The lowest BCUT2D eigenvalue weighted by Gasteiger charge is -1.99. The molecule has 13 heteroatoms. The smallest absolute Gasteiger partial charge is 0.309 e. The Balaban J connectivity index is 1.62. The zero-order chi connectivity index (χ0) is 18.0. The molecule has 3 aromatic heterocycles. The molecule has 0 saturated heterocycles. The third-order valence-corrected chi connectivity index (χ3v) is 3.45. The fourth-order valence-electron chi connectivity index (χ4n) is 2.14. The summed E-state index contributed by atoms with van der Waals surface area (Å²) in [5.41, 5.74) is 0.204. The minimum absolute atomic E-state index is 0.0833. The molecule has 0 aliphatic carbocycles. The zero-order valence-corrected chi connectivity index (χ0v) is 13.0. The van der Waals surface area contributed by atoms with Crippen molar-refractivity contribution in [2.75, 3.05) is 0 Å².